The highest BCUT2D eigenvalue weighted by atomic mass is 35.5. The lowest BCUT2D eigenvalue weighted by Crippen LogP contribution is -3.13. The summed E-state index contributed by atoms with van der Waals surface area (Å²) in [5.74, 6) is 0.989. The van der Waals surface area contributed by atoms with Crippen LogP contribution in [0.25, 0.3) is 0 Å². The van der Waals surface area contributed by atoms with E-state index in [2.05, 4.69) is 29.2 Å². The van der Waals surface area contributed by atoms with Gasteiger partial charge in [0.05, 0.1) is 44.0 Å². The molecule has 0 atom stereocenters. The maximum absolute atomic E-state index is 6.30. The lowest BCUT2D eigenvalue weighted by Gasteiger charge is -2.34. The maximum atomic E-state index is 6.30. The average Bonchev–Trinajstić information content (AvgIpc) is 2.57. The summed E-state index contributed by atoms with van der Waals surface area (Å²) >= 11 is 6.30. The second-order valence-corrected chi connectivity index (χ2v) is 6.08. The summed E-state index contributed by atoms with van der Waals surface area (Å²) < 4.78 is 5.45. The van der Waals surface area contributed by atoms with Crippen LogP contribution in [0.2, 0.25) is 5.02 Å². The predicted octanol–water partition coefficient (Wildman–Crippen LogP) is 2.25. The number of anilines is 1. The van der Waals surface area contributed by atoms with Crippen molar-refractivity contribution in [3.8, 4) is 5.75 Å². The first-order valence-electron chi connectivity index (χ1n) is 7.73. The molecular weight excluding hydrogens is 296 g/mol. The minimum Gasteiger partial charge on any atom is -0.496 e. The van der Waals surface area contributed by atoms with Gasteiger partial charge in [-0.15, -0.1) is 0 Å². The van der Waals surface area contributed by atoms with E-state index >= 15 is 0 Å². The van der Waals surface area contributed by atoms with Crippen LogP contribution in [0.4, 0.5) is 5.69 Å². The molecule has 116 valence electrons. The van der Waals surface area contributed by atoms with Gasteiger partial charge in [-0.1, -0.05) is 35.9 Å². The van der Waals surface area contributed by atoms with E-state index in [1.165, 1.54) is 5.56 Å². The SMILES string of the molecule is COc1ccccc1C[NH+]1CCN(c2ccccc2Cl)CC1. The van der Waals surface area contributed by atoms with Crippen molar-refractivity contribution in [3.05, 3.63) is 59.1 Å². The number of methoxy groups -OCH3 is 1. The van der Waals surface area contributed by atoms with Crippen LogP contribution >= 0.6 is 11.6 Å². The standard InChI is InChI=1S/C18H21ClN2O/c1-22-18-9-5-2-6-15(18)14-20-10-12-21(13-11-20)17-8-4-3-7-16(17)19/h2-9H,10-14H2,1H3/p+1. The van der Waals surface area contributed by atoms with Crippen LogP contribution in [-0.2, 0) is 6.54 Å². The van der Waals surface area contributed by atoms with E-state index in [0.717, 1.165) is 49.2 Å². The largest absolute Gasteiger partial charge is 0.496 e. The van der Waals surface area contributed by atoms with Crippen molar-refractivity contribution in [1.82, 2.24) is 0 Å². The second-order valence-electron chi connectivity index (χ2n) is 5.68. The second kappa shape index (κ2) is 7.03. The molecule has 4 heteroatoms. The Labute approximate surface area is 137 Å². The van der Waals surface area contributed by atoms with Gasteiger partial charge in [0.15, 0.2) is 0 Å². The molecule has 2 aromatic carbocycles. The summed E-state index contributed by atoms with van der Waals surface area (Å²) in [5, 5.41) is 0.843. The van der Waals surface area contributed by atoms with E-state index < -0.39 is 0 Å². The molecule has 0 unspecified atom stereocenters. The van der Waals surface area contributed by atoms with Crippen molar-refractivity contribution in [2.75, 3.05) is 38.2 Å². The van der Waals surface area contributed by atoms with Crippen LogP contribution in [0.15, 0.2) is 48.5 Å². The fraction of sp³-hybridized carbons (Fsp3) is 0.333. The molecule has 0 amide bonds. The Hall–Kier alpha value is -1.71. The number of quaternary nitrogens is 1. The number of hydrogen-bond acceptors (Lipinski definition) is 2. The Kier molecular flexibility index (Phi) is 4.86. The third-order valence-corrected chi connectivity index (χ3v) is 4.62. The molecule has 0 bridgehead atoms. The Morgan fingerprint density at radius 2 is 1.73 bits per heavy atom. The molecule has 1 aliphatic rings. The number of rotatable bonds is 4. The fourth-order valence-electron chi connectivity index (χ4n) is 3.07. The van der Waals surface area contributed by atoms with Gasteiger partial charge in [-0.25, -0.2) is 0 Å². The van der Waals surface area contributed by atoms with Crippen LogP contribution in [-0.4, -0.2) is 33.3 Å². The third kappa shape index (κ3) is 3.37. The Bertz CT molecular complexity index is 624. The van der Waals surface area contributed by atoms with Gasteiger partial charge in [-0.2, -0.15) is 0 Å². The van der Waals surface area contributed by atoms with Crippen molar-refractivity contribution in [1.29, 1.82) is 0 Å². The molecule has 0 aromatic heterocycles. The molecular formula is C18H22ClN2O+. The molecule has 1 saturated heterocycles. The minimum absolute atomic E-state index is 0.843. The monoisotopic (exact) mass is 317 g/mol. The van der Waals surface area contributed by atoms with Crippen LogP contribution in [0.1, 0.15) is 5.56 Å². The minimum atomic E-state index is 0.843. The first-order valence-corrected chi connectivity index (χ1v) is 8.10. The first-order chi connectivity index (χ1) is 10.8. The normalized spacial score (nSPS) is 15.8. The summed E-state index contributed by atoms with van der Waals surface area (Å²) in [6, 6.07) is 16.4. The van der Waals surface area contributed by atoms with Crippen LogP contribution in [0.3, 0.4) is 0 Å². The van der Waals surface area contributed by atoms with Gasteiger partial charge in [-0.3, -0.25) is 0 Å². The molecule has 2 aromatic rings. The van der Waals surface area contributed by atoms with Gasteiger partial charge in [0, 0.05) is 5.56 Å². The third-order valence-electron chi connectivity index (χ3n) is 4.30. The maximum Gasteiger partial charge on any atom is 0.127 e. The quantitative estimate of drug-likeness (QED) is 0.931. The topological polar surface area (TPSA) is 16.9 Å². The van der Waals surface area contributed by atoms with Crippen molar-refractivity contribution in [2.45, 2.75) is 6.54 Å². The molecule has 22 heavy (non-hydrogen) atoms. The number of piperazine rings is 1. The van der Waals surface area contributed by atoms with E-state index in [0.29, 0.717) is 0 Å². The summed E-state index contributed by atoms with van der Waals surface area (Å²) in [7, 11) is 1.74. The van der Waals surface area contributed by atoms with Crippen molar-refractivity contribution >= 4 is 17.3 Å². The number of halogens is 1. The summed E-state index contributed by atoms with van der Waals surface area (Å²) in [5.41, 5.74) is 2.44. The van der Waals surface area contributed by atoms with Crippen LogP contribution in [0.5, 0.6) is 5.75 Å². The van der Waals surface area contributed by atoms with E-state index in [9.17, 15) is 0 Å². The van der Waals surface area contributed by atoms with Gasteiger partial charge in [0.25, 0.3) is 0 Å². The zero-order valence-corrected chi connectivity index (χ0v) is 13.6. The van der Waals surface area contributed by atoms with Gasteiger partial charge in [0.2, 0.25) is 0 Å². The first kappa shape index (κ1) is 15.2. The summed E-state index contributed by atoms with van der Waals surface area (Å²) in [4.78, 5) is 3.97. The van der Waals surface area contributed by atoms with Crippen molar-refractivity contribution < 1.29 is 9.64 Å². The molecule has 0 radical (unpaired) electrons. The van der Waals surface area contributed by atoms with Crippen LogP contribution < -0.4 is 14.5 Å². The number of hydrogen-bond donors (Lipinski definition) is 1. The van der Waals surface area contributed by atoms with Crippen molar-refractivity contribution in [3.63, 3.8) is 0 Å². The van der Waals surface area contributed by atoms with E-state index in [4.69, 9.17) is 16.3 Å². The molecule has 0 spiro atoms. The number of benzene rings is 2. The van der Waals surface area contributed by atoms with Crippen molar-refractivity contribution in [2.24, 2.45) is 0 Å². The number of ether oxygens (including phenoxy) is 1. The molecule has 3 nitrogen and oxygen atoms in total. The Morgan fingerprint density at radius 1 is 1.05 bits per heavy atom. The molecule has 0 aliphatic carbocycles. The van der Waals surface area contributed by atoms with Gasteiger partial charge < -0.3 is 14.5 Å². The lowest BCUT2D eigenvalue weighted by atomic mass is 10.1. The molecule has 1 N–H and O–H groups in total. The van der Waals surface area contributed by atoms with Gasteiger partial charge in [-0.05, 0) is 24.3 Å². The Morgan fingerprint density at radius 3 is 2.45 bits per heavy atom. The Balaban J connectivity index is 1.61. The summed E-state index contributed by atoms with van der Waals surface area (Å²) in [6.45, 7) is 5.31. The average molecular weight is 318 g/mol. The number of nitrogens with one attached hydrogen (secondary N) is 1. The number of para-hydroxylation sites is 2. The summed E-state index contributed by atoms with van der Waals surface area (Å²) in [6.07, 6.45) is 0. The highest BCUT2D eigenvalue weighted by Crippen LogP contribution is 2.25. The zero-order chi connectivity index (χ0) is 15.4. The number of nitrogens with zero attached hydrogens (tertiary/aromatic N) is 1. The van der Waals surface area contributed by atoms with E-state index in [1.54, 1.807) is 12.0 Å². The smallest absolute Gasteiger partial charge is 0.127 e. The molecule has 1 fully saturated rings. The molecule has 3 rings (SSSR count). The predicted molar refractivity (Wildman–Crippen MR) is 91.1 cm³/mol. The zero-order valence-electron chi connectivity index (χ0n) is 12.9. The highest BCUT2D eigenvalue weighted by Gasteiger charge is 2.22. The van der Waals surface area contributed by atoms with E-state index in [-0.39, 0.29) is 0 Å². The molecule has 0 saturated carbocycles. The highest BCUT2D eigenvalue weighted by molar-refractivity contribution is 6.33. The fourth-order valence-corrected chi connectivity index (χ4v) is 3.32. The van der Waals surface area contributed by atoms with Crippen LogP contribution in [0, 0.1) is 0 Å². The molecule has 1 aliphatic heterocycles. The van der Waals surface area contributed by atoms with Gasteiger partial charge >= 0.3 is 0 Å². The van der Waals surface area contributed by atoms with E-state index in [1.807, 2.05) is 24.3 Å². The van der Waals surface area contributed by atoms with Gasteiger partial charge in [0.1, 0.15) is 12.3 Å². The lowest BCUT2D eigenvalue weighted by molar-refractivity contribution is -0.914. The molecule has 1 heterocycles.